The lowest BCUT2D eigenvalue weighted by atomic mass is 10.2. The number of rotatable bonds is 7. The summed E-state index contributed by atoms with van der Waals surface area (Å²) in [5.41, 5.74) is 2.41. The van der Waals surface area contributed by atoms with Crippen LogP contribution in [-0.2, 0) is 0 Å². The largest absolute Gasteiger partial charge is 0.374 e. The van der Waals surface area contributed by atoms with E-state index in [0.717, 1.165) is 30.8 Å². The van der Waals surface area contributed by atoms with Crippen LogP contribution < -0.4 is 9.80 Å². The van der Waals surface area contributed by atoms with Crippen molar-refractivity contribution in [2.75, 3.05) is 29.9 Å². The van der Waals surface area contributed by atoms with Gasteiger partial charge in [-0.2, -0.15) is 0 Å². The van der Waals surface area contributed by atoms with Crippen LogP contribution >= 0.6 is 0 Å². The predicted octanol–water partition coefficient (Wildman–Crippen LogP) is 3.98. The Kier molecular flexibility index (Phi) is 6.15. The van der Waals surface area contributed by atoms with E-state index in [2.05, 4.69) is 16.8 Å². The minimum absolute atomic E-state index is 0.0653. The molecule has 0 saturated carbocycles. The number of pyridine rings is 1. The number of carbonyl (C=O) groups excluding carboxylic acids is 1. The van der Waals surface area contributed by atoms with Gasteiger partial charge in [0.25, 0.3) is 5.91 Å². The number of amides is 1. The van der Waals surface area contributed by atoms with Gasteiger partial charge in [0.05, 0.1) is 0 Å². The number of hydrogen-bond donors (Lipinski definition) is 0. The van der Waals surface area contributed by atoms with E-state index in [1.807, 2.05) is 56.4 Å². The van der Waals surface area contributed by atoms with Crippen LogP contribution in [-0.4, -0.2) is 31.0 Å². The number of unbranched alkanes of at least 4 members (excludes halogenated alkanes) is 1. The third-order valence-electron chi connectivity index (χ3n) is 3.88. The van der Waals surface area contributed by atoms with Crippen molar-refractivity contribution < 1.29 is 4.79 Å². The zero-order valence-electron chi connectivity index (χ0n) is 14.2. The highest BCUT2D eigenvalue weighted by Crippen LogP contribution is 2.19. The van der Waals surface area contributed by atoms with E-state index >= 15 is 0 Å². The lowest BCUT2D eigenvalue weighted by Gasteiger charge is -2.22. The quantitative estimate of drug-likeness (QED) is 0.776. The molecule has 0 unspecified atom stereocenters. The Hall–Kier alpha value is -2.36. The van der Waals surface area contributed by atoms with E-state index in [1.54, 1.807) is 11.1 Å². The van der Waals surface area contributed by atoms with Crippen LogP contribution in [0.5, 0.6) is 0 Å². The lowest BCUT2D eigenvalue weighted by Crippen LogP contribution is -2.31. The fraction of sp³-hybridized carbons (Fsp3) is 0.368. The summed E-state index contributed by atoms with van der Waals surface area (Å²) >= 11 is 0. The Bertz CT molecular complexity index is 628. The highest BCUT2D eigenvalue weighted by atomic mass is 16.2. The van der Waals surface area contributed by atoms with Gasteiger partial charge in [-0.1, -0.05) is 31.5 Å². The van der Waals surface area contributed by atoms with Gasteiger partial charge in [0.2, 0.25) is 0 Å². The van der Waals surface area contributed by atoms with Gasteiger partial charge in [-0.25, -0.2) is 0 Å². The van der Waals surface area contributed by atoms with Gasteiger partial charge in [0, 0.05) is 37.7 Å². The minimum Gasteiger partial charge on any atom is -0.374 e. The smallest absolute Gasteiger partial charge is 0.276 e. The summed E-state index contributed by atoms with van der Waals surface area (Å²) in [6.07, 6.45) is 4.00. The Morgan fingerprint density at radius 3 is 2.48 bits per heavy atom. The third kappa shape index (κ3) is 4.31. The SMILES string of the molecule is CCCCN(C)c1ccnc(C(=O)N(CC)c2ccccc2)c1. The van der Waals surface area contributed by atoms with Gasteiger partial charge < -0.3 is 9.80 Å². The lowest BCUT2D eigenvalue weighted by molar-refractivity contribution is 0.0983. The zero-order valence-corrected chi connectivity index (χ0v) is 14.2. The monoisotopic (exact) mass is 311 g/mol. The molecule has 1 aromatic carbocycles. The first-order chi connectivity index (χ1) is 11.2. The van der Waals surface area contributed by atoms with Gasteiger partial charge in [-0.05, 0) is 37.6 Å². The van der Waals surface area contributed by atoms with Crippen molar-refractivity contribution >= 4 is 17.3 Å². The molecule has 4 heteroatoms. The summed E-state index contributed by atoms with van der Waals surface area (Å²) in [6.45, 7) is 5.74. The second kappa shape index (κ2) is 8.32. The van der Waals surface area contributed by atoms with Crippen molar-refractivity contribution in [1.29, 1.82) is 0 Å². The van der Waals surface area contributed by atoms with Gasteiger partial charge in [-0.15, -0.1) is 0 Å². The van der Waals surface area contributed by atoms with E-state index in [-0.39, 0.29) is 5.91 Å². The average molecular weight is 311 g/mol. The third-order valence-corrected chi connectivity index (χ3v) is 3.88. The van der Waals surface area contributed by atoms with Gasteiger partial charge >= 0.3 is 0 Å². The molecule has 0 spiro atoms. The van der Waals surface area contributed by atoms with Crippen molar-refractivity contribution in [2.24, 2.45) is 0 Å². The summed E-state index contributed by atoms with van der Waals surface area (Å²) in [5.74, 6) is -0.0653. The Morgan fingerprint density at radius 1 is 1.09 bits per heavy atom. The first kappa shape index (κ1) is 17.0. The molecule has 1 aromatic heterocycles. The highest BCUT2D eigenvalue weighted by Gasteiger charge is 2.18. The molecule has 0 fully saturated rings. The molecule has 122 valence electrons. The molecule has 0 aliphatic heterocycles. The zero-order chi connectivity index (χ0) is 16.7. The molecule has 0 saturated heterocycles. The van der Waals surface area contributed by atoms with Crippen LogP contribution in [0.1, 0.15) is 37.2 Å². The van der Waals surface area contributed by atoms with E-state index in [9.17, 15) is 4.79 Å². The van der Waals surface area contributed by atoms with Crippen LogP contribution in [0.3, 0.4) is 0 Å². The second-order valence-electron chi connectivity index (χ2n) is 5.56. The van der Waals surface area contributed by atoms with Crippen molar-refractivity contribution in [3.05, 3.63) is 54.4 Å². The summed E-state index contributed by atoms with van der Waals surface area (Å²) in [5, 5.41) is 0. The molecule has 1 heterocycles. The first-order valence-corrected chi connectivity index (χ1v) is 8.21. The average Bonchev–Trinajstić information content (AvgIpc) is 2.61. The van der Waals surface area contributed by atoms with Crippen molar-refractivity contribution in [1.82, 2.24) is 4.98 Å². The molecule has 4 nitrogen and oxygen atoms in total. The molecule has 2 rings (SSSR count). The van der Waals surface area contributed by atoms with Gasteiger partial charge in [-0.3, -0.25) is 9.78 Å². The summed E-state index contributed by atoms with van der Waals surface area (Å²) < 4.78 is 0. The predicted molar refractivity (Wildman–Crippen MR) is 96.2 cm³/mol. The van der Waals surface area contributed by atoms with E-state index in [4.69, 9.17) is 0 Å². The summed E-state index contributed by atoms with van der Waals surface area (Å²) in [6, 6.07) is 13.5. The molecule has 2 aromatic rings. The van der Waals surface area contributed by atoms with E-state index in [1.165, 1.54) is 0 Å². The Labute approximate surface area is 138 Å². The number of nitrogens with zero attached hydrogens (tertiary/aromatic N) is 3. The van der Waals surface area contributed by atoms with Crippen molar-refractivity contribution in [3.63, 3.8) is 0 Å². The Morgan fingerprint density at radius 2 is 1.83 bits per heavy atom. The highest BCUT2D eigenvalue weighted by molar-refractivity contribution is 6.05. The maximum atomic E-state index is 12.8. The number of hydrogen-bond acceptors (Lipinski definition) is 3. The summed E-state index contributed by atoms with van der Waals surface area (Å²) in [7, 11) is 2.05. The van der Waals surface area contributed by atoms with Crippen LogP contribution in [0.4, 0.5) is 11.4 Å². The molecule has 0 radical (unpaired) electrons. The number of carbonyl (C=O) groups is 1. The molecular weight excluding hydrogens is 286 g/mol. The van der Waals surface area contributed by atoms with Gasteiger partial charge in [0.15, 0.2) is 0 Å². The maximum Gasteiger partial charge on any atom is 0.276 e. The van der Waals surface area contributed by atoms with Crippen molar-refractivity contribution in [3.8, 4) is 0 Å². The second-order valence-corrected chi connectivity index (χ2v) is 5.56. The molecule has 0 atom stereocenters. The molecule has 0 N–H and O–H groups in total. The van der Waals surface area contributed by atoms with Crippen LogP contribution in [0.25, 0.3) is 0 Å². The maximum absolute atomic E-state index is 12.8. The molecule has 1 amide bonds. The molecule has 0 bridgehead atoms. The number of para-hydroxylation sites is 1. The van der Waals surface area contributed by atoms with Crippen LogP contribution in [0.2, 0.25) is 0 Å². The first-order valence-electron chi connectivity index (χ1n) is 8.21. The molecular formula is C19H25N3O. The molecule has 0 aliphatic rings. The number of benzene rings is 1. The molecule has 0 aliphatic carbocycles. The fourth-order valence-corrected chi connectivity index (χ4v) is 2.49. The fourth-order valence-electron chi connectivity index (χ4n) is 2.49. The topological polar surface area (TPSA) is 36.4 Å². The minimum atomic E-state index is -0.0653. The van der Waals surface area contributed by atoms with E-state index < -0.39 is 0 Å². The normalized spacial score (nSPS) is 10.4. The molecule has 23 heavy (non-hydrogen) atoms. The van der Waals surface area contributed by atoms with Crippen LogP contribution in [0, 0.1) is 0 Å². The van der Waals surface area contributed by atoms with Crippen molar-refractivity contribution in [2.45, 2.75) is 26.7 Å². The Balaban J connectivity index is 2.21. The summed E-state index contributed by atoms with van der Waals surface area (Å²) in [4.78, 5) is 21.0. The van der Waals surface area contributed by atoms with Crippen LogP contribution in [0.15, 0.2) is 48.7 Å². The number of aromatic nitrogens is 1. The standard InChI is InChI=1S/C19H25N3O/c1-4-6-14-21(3)17-12-13-20-18(15-17)19(23)22(5-2)16-10-8-7-9-11-16/h7-13,15H,4-6,14H2,1-3H3. The number of anilines is 2. The van der Waals surface area contributed by atoms with Gasteiger partial charge in [0.1, 0.15) is 5.69 Å². The van der Waals surface area contributed by atoms with E-state index in [0.29, 0.717) is 12.2 Å².